The molecule has 4 nitrogen and oxygen atoms in total. The number of imidazole rings is 1. The van der Waals surface area contributed by atoms with Crippen LogP contribution in [0, 0.1) is 0 Å². The number of aromatic nitrogens is 2. The smallest absolute Gasteiger partial charge is 0.322 e. The second-order valence-electron chi connectivity index (χ2n) is 11.3. The van der Waals surface area contributed by atoms with Crippen LogP contribution in [0.15, 0.2) is 12.1 Å². The van der Waals surface area contributed by atoms with Crippen LogP contribution >= 0.6 is 0 Å². The van der Waals surface area contributed by atoms with Crippen LogP contribution in [0.25, 0.3) is 0 Å². The summed E-state index contributed by atoms with van der Waals surface area (Å²) in [5.74, 6) is -0.348. The first-order valence-electron chi connectivity index (χ1n) is 13.2. The Hall–Kier alpha value is -1.86. The summed E-state index contributed by atoms with van der Waals surface area (Å²) in [6.45, 7) is 18.7. The SMILES string of the molecule is CC(C)c1nc(C(F)(F)F)n2c1CN(C(C)Cc1ccc3c(c1C(C)C)CN(C(C)C)CC3)CC2. The van der Waals surface area contributed by atoms with Crippen molar-refractivity contribution in [2.24, 2.45) is 0 Å². The lowest BCUT2D eigenvalue weighted by Crippen LogP contribution is -2.42. The summed E-state index contributed by atoms with van der Waals surface area (Å²) in [4.78, 5) is 8.95. The van der Waals surface area contributed by atoms with Crippen molar-refractivity contribution in [2.75, 3.05) is 13.1 Å². The van der Waals surface area contributed by atoms with E-state index in [9.17, 15) is 13.2 Å². The summed E-state index contributed by atoms with van der Waals surface area (Å²) in [5.41, 5.74) is 7.15. The molecule has 0 radical (unpaired) electrons. The van der Waals surface area contributed by atoms with Gasteiger partial charge in [0.05, 0.1) is 11.4 Å². The molecule has 1 aromatic carbocycles. The van der Waals surface area contributed by atoms with Gasteiger partial charge in [-0.05, 0) is 67.7 Å². The Labute approximate surface area is 208 Å². The van der Waals surface area contributed by atoms with Crippen LogP contribution in [-0.4, -0.2) is 44.5 Å². The summed E-state index contributed by atoms with van der Waals surface area (Å²) in [7, 11) is 0. The Morgan fingerprint density at radius 2 is 1.60 bits per heavy atom. The molecule has 0 fully saturated rings. The first kappa shape index (κ1) is 26.2. The fraction of sp³-hybridized carbons (Fsp3) is 0.679. The van der Waals surface area contributed by atoms with Gasteiger partial charge in [-0.15, -0.1) is 0 Å². The van der Waals surface area contributed by atoms with E-state index in [1.165, 1.54) is 26.8 Å². The Bertz CT molecular complexity index is 1050. The quantitative estimate of drug-likeness (QED) is 0.471. The fourth-order valence-electron chi connectivity index (χ4n) is 5.98. The Kier molecular flexibility index (Phi) is 7.41. The van der Waals surface area contributed by atoms with E-state index in [-0.39, 0.29) is 12.0 Å². The molecule has 0 amide bonds. The predicted molar refractivity (Wildman–Crippen MR) is 135 cm³/mol. The van der Waals surface area contributed by atoms with Gasteiger partial charge >= 0.3 is 6.18 Å². The van der Waals surface area contributed by atoms with Gasteiger partial charge in [0, 0.05) is 44.8 Å². The number of alkyl halides is 3. The fourth-order valence-corrected chi connectivity index (χ4v) is 5.98. The molecular formula is C28H41F3N4. The van der Waals surface area contributed by atoms with Gasteiger partial charge in [0.2, 0.25) is 5.82 Å². The van der Waals surface area contributed by atoms with Crippen molar-refractivity contribution in [2.45, 2.75) is 111 Å². The molecule has 194 valence electrons. The maximum Gasteiger partial charge on any atom is 0.449 e. The third kappa shape index (κ3) is 5.17. The average Bonchev–Trinajstić information content (AvgIpc) is 3.18. The van der Waals surface area contributed by atoms with E-state index in [0.717, 1.165) is 31.6 Å². The Balaban J connectivity index is 1.60. The Morgan fingerprint density at radius 3 is 2.20 bits per heavy atom. The van der Waals surface area contributed by atoms with E-state index in [2.05, 4.69) is 61.5 Å². The highest BCUT2D eigenvalue weighted by atomic mass is 19.4. The van der Waals surface area contributed by atoms with E-state index in [1.807, 2.05) is 13.8 Å². The minimum Gasteiger partial charge on any atom is -0.322 e. The molecule has 0 saturated carbocycles. The highest BCUT2D eigenvalue weighted by Crippen LogP contribution is 2.36. The van der Waals surface area contributed by atoms with Crippen LogP contribution in [0.3, 0.4) is 0 Å². The van der Waals surface area contributed by atoms with Crippen molar-refractivity contribution < 1.29 is 13.2 Å². The summed E-state index contributed by atoms with van der Waals surface area (Å²) >= 11 is 0. The molecule has 1 atom stereocenters. The molecule has 1 unspecified atom stereocenters. The molecule has 1 aromatic heterocycles. The maximum atomic E-state index is 13.6. The molecule has 2 aliphatic heterocycles. The minimum absolute atomic E-state index is 0.0419. The van der Waals surface area contributed by atoms with Gasteiger partial charge in [-0.1, -0.05) is 39.8 Å². The van der Waals surface area contributed by atoms with Gasteiger partial charge in [-0.2, -0.15) is 13.2 Å². The molecule has 35 heavy (non-hydrogen) atoms. The molecule has 0 aliphatic carbocycles. The van der Waals surface area contributed by atoms with E-state index < -0.39 is 12.0 Å². The van der Waals surface area contributed by atoms with Crippen LogP contribution in [0.1, 0.15) is 99.8 Å². The van der Waals surface area contributed by atoms with Crippen molar-refractivity contribution in [3.05, 3.63) is 51.6 Å². The number of halogens is 3. The molecule has 2 aromatic rings. The average molecular weight is 491 g/mol. The molecule has 3 heterocycles. The largest absolute Gasteiger partial charge is 0.449 e. The maximum absolute atomic E-state index is 13.6. The van der Waals surface area contributed by atoms with E-state index in [4.69, 9.17) is 0 Å². The normalized spacial score (nSPS) is 18.4. The van der Waals surface area contributed by atoms with Crippen molar-refractivity contribution in [1.82, 2.24) is 19.4 Å². The van der Waals surface area contributed by atoms with Crippen LogP contribution in [0.5, 0.6) is 0 Å². The molecule has 0 N–H and O–H groups in total. The van der Waals surface area contributed by atoms with Gasteiger partial charge < -0.3 is 4.57 Å². The van der Waals surface area contributed by atoms with E-state index in [0.29, 0.717) is 37.3 Å². The van der Waals surface area contributed by atoms with Gasteiger partial charge in [0.1, 0.15) is 0 Å². The van der Waals surface area contributed by atoms with Crippen molar-refractivity contribution in [3.63, 3.8) is 0 Å². The second-order valence-corrected chi connectivity index (χ2v) is 11.3. The lowest BCUT2D eigenvalue weighted by Gasteiger charge is -2.37. The van der Waals surface area contributed by atoms with Crippen molar-refractivity contribution in [3.8, 4) is 0 Å². The number of hydrogen-bond donors (Lipinski definition) is 0. The van der Waals surface area contributed by atoms with E-state index >= 15 is 0 Å². The lowest BCUT2D eigenvalue weighted by atomic mass is 9.83. The number of nitrogens with zero attached hydrogens (tertiary/aromatic N) is 4. The topological polar surface area (TPSA) is 24.3 Å². The van der Waals surface area contributed by atoms with Crippen molar-refractivity contribution in [1.29, 1.82) is 0 Å². The predicted octanol–water partition coefficient (Wildman–Crippen LogP) is 6.36. The van der Waals surface area contributed by atoms with Crippen LogP contribution in [-0.2, 0) is 38.7 Å². The molecule has 0 bridgehead atoms. The third-order valence-corrected chi connectivity index (χ3v) is 7.89. The zero-order valence-electron chi connectivity index (χ0n) is 22.3. The monoisotopic (exact) mass is 490 g/mol. The summed E-state index contributed by atoms with van der Waals surface area (Å²) in [5, 5.41) is 0. The first-order chi connectivity index (χ1) is 16.4. The molecular weight excluding hydrogens is 449 g/mol. The molecule has 2 aliphatic rings. The van der Waals surface area contributed by atoms with Gasteiger partial charge in [-0.25, -0.2) is 4.98 Å². The number of hydrogen-bond acceptors (Lipinski definition) is 3. The van der Waals surface area contributed by atoms with Crippen molar-refractivity contribution >= 4 is 0 Å². The Morgan fingerprint density at radius 1 is 0.886 bits per heavy atom. The number of fused-ring (bicyclic) bond motifs is 2. The number of rotatable bonds is 6. The second kappa shape index (κ2) is 9.89. The summed E-state index contributed by atoms with van der Waals surface area (Å²) in [6, 6.07) is 5.39. The third-order valence-electron chi connectivity index (χ3n) is 7.89. The van der Waals surface area contributed by atoms with Crippen LogP contribution in [0.4, 0.5) is 13.2 Å². The highest BCUT2D eigenvalue weighted by molar-refractivity contribution is 5.45. The standard InChI is InChI=1S/C28H41F3N4/c1-17(2)25-22(9-8-21-10-11-33(19(5)6)15-23(21)25)14-20(7)34-12-13-35-24(16-34)26(18(3)4)32-27(35)28(29,30)31/h8-9,17-20H,10-16H2,1-7H3. The van der Waals surface area contributed by atoms with Gasteiger partial charge in [0.25, 0.3) is 0 Å². The first-order valence-corrected chi connectivity index (χ1v) is 13.2. The summed E-state index contributed by atoms with van der Waals surface area (Å²) in [6.07, 6.45) is -2.42. The van der Waals surface area contributed by atoms with Gasteiger partial charge in [0.15, 0.2) is 0 Å². The van der Waals surface area contributed by atoms with Gasteiger partial charge in [-0.3, -0.25) is 9.80 Å². The highest BCUT2D eigenvalue weighted by Gasteiger charge is 2.41. The molecule has 7 heteroatoms. The number of benzene rings is 1. The molecule has 0 spiro atoms. The van der Waals surface area contributed by atoms with Crippen LogP contribution in [0.2, 0.25) is 0 Å². The van der Waals surface area contributed by atoms with E-state index in [1.54, 1.807) is 0 Å². The molecule has 4 rings (SSSR count). The zero-order valence-corrected chi connectivity index (χ0v) is 22.3. The minimum atomic E-state index is -4.42. The summed E-state index contributed by atoms with van der Waals surface area (Å²) < 4.78 is 42.3. The lowest BCUT2D eigenvalue weighted by molar-refractivity contribution is -0.147. The molecule has 0 saturated heterocycles. The zero-order chi connectivity index (χ0) is 25.7. The van der Waals surface area contributed by atoms with Crippen LogP contribution < -0.4 is 0 Å².